The summed E-state index contributed by atoms with van der Waals surface area (Å²) in [5, 5.41) is 8.72. The molecule has 0 fully saturated rings. The summed E-state index contributed by atoms with van der Waals surface area (Å²) >= 11 is 0. The summed E-state index contributed by atoms with van der Waals surface area (Å²) < 4.78 is 6.86. The van der Waals surface area contributed by atoms with Gasteiger partial charge in [0.1, 0.15) is 12.2 Å². The Morgan fingerprint density at radius 2 is 2.26 bits per heavy atom. The number of hydrogen-bond acceptors (Lipinski definition) is 4. The Balaban J connectivity index is 2.35. The molecule has 1 heterocycles. The second-order valence-corrected chi connectivity index (χ2v) is 4.06. The van der Waals surface area contributed by atoms with E-state index in [9.17, 15) is 4.79 Å². The zero-order valence-corrected chi connectivity index (χ0v) is 10.8. The van der Waals surface area contributed by atoms with E-state index < -0.39 is 0 Å². The lowest BCUT2D eigenvalue weighted by molar-refractivity contribution is -0.142. The minimum atomic E-state index is -0.295. The van der Waals surface area contributed by atoms with Crippen LogP contribution in [-0.2, 0) is 22.5 Å². The van der Waals surface area contributed by atoms with Gasteiger partial charge < -0.3 is 9.30 Å². The molecule has 0 atom stereocenters. The van der Waals surface area contributed by atoms with Crippen LogP contribution in [0.15, 0.2) is 24.3 Å². The SMILES string of the molecule is CCOC(=O)Cc1nc2ccccc2n1CCC#N. The van der Waals surface area contributed by atoms with Crippen LogP contribution in [0.5, 0.6) is 0 Å². The highest BCUT2D eigenvalue weighted by atomic mass is 16.5. The Kier molecular flexibility index (Phi) is 4.14. The highest BCUT2D eigenvalue weighted by Crippen LogP contribution is 2.17. The van der Waals surface area contributed by atoms with Gasteiger partial charge in [0, 0.05) is 6.54 Å². The zero-order chi connectivity index (χ0) is 13.7. The molecule has 5 nitrogen and oxygen atoms in total. The molecule has 0 aliphatic heterocycles. The maximum absolute atomic E-state index is 11.6. The predicted octanol–water partition coefficient (Wildman–Crippen LogP) is 2.06. The topological polar surface area (TPSA) is 67.9 Å². The Hall–Kier alpha value is -2.35. The van der Waals surface area contributed by atoms with E-state index in [0.29, 0.717) is 25.4 Å². The summed E-state index contributed by atoms with van der Waals surface area (Å²) in [4.78, 5) is 16.0. The molecule has 1 aromatic heterocycles. The first-order valence-electron chi connectivity index (χ1n) is 6.23. The summed E-state index contributed by atoms with van der Waals surface area (Å²) in [5.74, 6) is 0.353. The van der Waals surface area contributed by atoms with Gasteiger partial charge in [0.25, 0.3) is 0 Å². The van der Waals surface area contributed by atoms with E-state index in [1.807, 2.05) is 28.8 Å². The fourth-order valence-electron chi connectivity index (χ4n) is 2.01. The maximum atomic E-state index is 11.6. The van der Waals surface area contributed by atoms with Crippen LogP contribution in [0.25, 0.3) is 11.0 Å². The number of aromatic nitrogens is 2. The Morgan fingerprint density at radius 3 is 3.00 bits per heavy atom. The number of carbonyl (C=O) groups excluding carboxylic acids is 1. The Morgan fingerprint density at radius 1 is 1.47 bits per heavy atom. The van der Waals surface area contributed by atoms with Crippen LogP contribution in [0.4, 0.5) is 0 Å². The average molecular weight is 257 g/mol. The third-order valence-corrected chi connectivity index (χ3v) is 2.79. The van der Waals surface area contributed by atoms with Gasteiger partial charge in [-0.15, -0.1) is 0 Å². The predicted molar refractivity (Wildman–Crippen MR) is 70.3 cm³/mol. The molecule has 0 N–H and O–H groups in total. The molecular weight excluding hydrogens is 242 g/mol. The van der Waals surface area contributed by atoms with Crippen LogP contribution in [0.1, 0.15) is 19.2 Å². The van der Waals surface area contributed by atoms with E-state index in [4.69, 9.17) is 10.00 Å². The summed E-state index contributed by atoms with van der Waals surface area (Å²) in [6, 6.07) is 9.76. The molecule has 1 aromatic carbocycles. The zero-order valence-electron chi connectivity index (χ0n) is 10.8. The minimum Gasteiger partial charge on any atom is -0.466 e. The van der Waals surface area contributed by atoms with Crippen LogP contribution in [0, 0.1) is 11.3 Å². The molecule has 2 rings (SSSR count). The van der Waals surface area contributed by atoms with Crippen LogP contribution < -0.4 is 0 Å². The van der Waals surface area contributed by atoms with E-state index in [2.05, 4.69) is 11.1 Å². The van der Waals surface area contributed by atoms with Crippen molar-refractivity contribution in [3.05, 3.63) is 30.1 Å². The molecule has 19 heavy (non-hydrogen) atoms. The number of nitrogens with zero attached hydrogens (tertiary/aromatic N) is 3. The number of aryl methyl sites for hydroxylation is 1. The van der Waals surface area contributed by atoms with Gasteiger partial charge in [-0.3, -0.25) is 4.79 Å². The number of hydrogen-bond donors (Lipinski definition) is 0. The quantitative estimate of drug-likeness (QED) is 0.769. The molecule has 0 bridgehead atoms. The molecule has 2 aromatic rings. The lowest BCUT2D eigenvalue weighted by Gasteiger charge is -2.06. The van der Waals surface area contributed by atoms with Crippen molar-refractivity contribution in [2.45, 2.75) is 26.3 Å². The second kappa shape index (κ2) is 6.01. The van der Waals surface area contributed by atoms with Crippen LogP contribution in [-0.4, -0.2) is 22.1 Å². The monoisotopic (exact) mass is 257 g/mol. The molecule has 0 amide bonds. The highest BCUT2D eigenvalue weighted by molar-refractivity contribution is 5.78. The fraction of sp³-hybridized carbons (Fsp3) is 0.357. The second-order valence-electron chi connectivity index (χ2n) is 4.06. The van der Waals surface area contributed by atoms with Crippen molar-refractivity contribution in [1.82, 2.24) is 9.55 Å². The molecule has 0 aliphatic carbocycles. The number of ether oxygens (including phenoxy) is 1. The lowest BCUT2D eigenvalue weighted by Crippen LogP contribution is -2.13. The number of fused-ring (bicyclic) bond motifs is 1. The van der Waals surface area contributed by atoms with Gasteiger partial charge in [-0.2, -0.15) is 5.26 Å². The van der Waals surface area contributed by atoms with Crippen LogP contribution in [0.3, 0.4) is 0 Å². The minimum absolute atomic E-state index is 0.133. The molecule has 0 aliphatic rings. The molecule has 0 saturated carbocycles. The van der Waals surface area contributed by atoms with Gasteiger partial charge in [0.05, 0.1) is 30.1 Å². The third-order valence-electron chi connectivity index (χ3n) is 2.79. The number of para-hydroxylation sites is 2. The van der Waals surface area contributed by atoms with Crippen molar-refractivity contribution in [2.24, 2.45) is 0 Å². The van der Waals surface area contributed by atoms with E-state index in [1.165, 1.54) is 0 Å². The fourth-order valence-corrected chi connectivity index (χ4v) is 2.01. The Bertz CT molecular complexity index is 625. The summed E-state index contributed by atoms with van der Waals surface area (Å²) in [6.45, 7) is 2.67. The van der Waals surface area contributed by atoms with Gasteiger partial charge in [0.2, 0.25) is 0 Å². The smallest absolute Gasteiger partial charge is 0.313 e. The van der Waals surface area contributed by atoms with Gasteiger partial charge >= 0.3 is 5.97 Å². The van der Waals surface area contributed by atoms with Gasteiger partial charge in [-0.05, 0) is 19.1 Å². The molecule has 0 unspecified atom stereocenters. The number of esters is 1. The van der Waals surface area contributed by atoms with Crippen molar-refractivity contribution in [1.29, 1.82) is 5.26 Å². The molecule has 0 saturated heterocycles. The van der Waals surface area contributed by atoms with E-state index in [1.54, 1.807) is 6.92 Å². The number of nitriles is 1. The first-order valence-corrected chi connectivity index (χ1v) is 6.23. The third kappa shape index (κ3) is 2.91. The highest BCUT2D eigenvalue weighted by Gasteiger charge is 2.14. The number of benzene rings is 1. The first-order chi connectivity index (χ1) is 9.26. The van der Waals surface area contributed by atoms with Crippen molar-refractivity contribution < 1.29 is 9.53 Å². The Labute approximate surface area is 111 Å². The molecule has 0 spiro atoms. The number of imidazole rings is 1. The molecular formula is C14H15N3O2. The van der Waals surface area contributed by atoms with Crippen molar-refractivity contribution in [2.75, 3.05) is 6.61 Å². The van der Waals surface area contributed by atoms with Gasteiger partial charge in [-0.1, -0.05) is 12.1 Å². The average Bonchev–Trinajstić information content (AvgIpc) is 2.74. The van der Waals surface area contributed by atoms with E-state index in [-0.39, 0.29) is 12.4 Å². The normalized spacial score (nSPS) is 10.3. The summed E-state index contributed by atoms with van der Waals surface area (Å²) in [6.07, 6.45) is 0.518. The number of rotatable bonds is 5. The van der Waals surface area contributed by atoms with Crippen molar-refractivity contribution >= 4 is 17.0 Å². The first kappa shape index (κ1) is 13.1. The maximum Gasteiger partial charge on any atom is 0.313 e. The van der Waals surface area contributed by atoms with Gasteiger partial charge in [-0.25, -0.2) is 4.98 Å². The standard InChI is InChI=1S/C14H15N3O2/c1-2-19-14(18)10-13-16-11-6-3-4-7-12(11)17(13)9-5-8-15/h3-4,6-7H,2,5,9-10H2,1H3. The molecule has 0 radical (unpaired) electrons. The molecule has 98 valence electrons. The van der Waals surface area contributed by atoms with Crippen LogP contribution in [0.2, 0.25) is 0 Å². The van der Waals surface area contributed by atoms with Gasteiger partial charge in [0.15, 0.2) is 0 Å². The number of carbonyl (C=O) groups is 1. The van der Waals surface area contributed by atoms with Crippen molar-refractivity contribution in [3.63, 3.8) is 0 Å². The van der Waals surface area contributed by atoms with E-state index in [0.717, 1.165) is 11.0 Å². The summed E-state index contributed by atoms with van der Waals surface area (Å²) in [5.41, 5.74) is 1.77. The lowest BCUT2D eigenvalue weighted by atomic mass is 10.3. The van der Waals surface area contributed by atoms with Crippen LogP contribution >= 0.6 is 0 Å². The molecule has 5 heteroatoms. The summed E-state index contributed by atoms with van der Waals surface area (Å²) in [7, 11) is 0. The van der Waals surface area contributed by atoms with E-state index >= 15 is 0 Å². The van der Waals surface area contributed by atoms with Crippen molar-refractivity contribution in [3.8, 4) is 6.07 Å². The largest absolute Gasteiger partial charge is 0.466 e.